The molecule has 0 spiro atoms. The highest BCUT2D eigenvalue weighted by atomic mass is 35.5. The maximum atomic E-state index is 14.7. The van der Waals surface area contributed by atoms with E-state index in [-0.39, 0.29) is 5.82 Å². The largest absolute Gasteiger partial charge is 0.205 e. The molecule has 0 aliphatic heterocycles. The van der Waals surface area contributed by atoms with Crippen molar-refractivity contribution in [3.63, 3.8) is 0 Å². The number of aryl methyl sites for hydroxylation is 1. The van der Waals surface area contributed by atoms with Crippen molar-refractivity contribution in [2.24, 2.45) is 5.92 Å². The highest BCUT2D eigenvalue weighted by Crippen LogP contribution is 2.37. The molecule has 25 heavy (non-hydrogen) atoms. The first-order chi connectivity index (χ1) is 12.2. The molecule has 0 heterocycles. The predicted octanol–water partition coefficient (Wildman–Crippen LogP) is 8.14. The van der Waals surface area contributed by atoms with Crippen molar-refractivity contribution in [3.8, 4) is 0 Å². The summed E-state index contributed by atoms with van der Waals surface area (Å²) < 4.78 is 14.7. The van der Waals surface area contributed by atoms with Gasteiger partial charge in [0.15, 0.2) is 0 Å². The molecule has 2 rings (SSSR count). The van der Waals surface area contributed by atoms with Crippen molar-refractivity contribution in [1.29, 1.82) is 0 Å². The van der Waals surface area contributed by atoms with Gasteiger partial charge in [0.25, 0.3) is 0 Å². The van der Waals surface area contributed by atoms with E-state index in [0.717, 1.165) is 55.6 Å². The molecule has 1 aromatic rings. The van der Waals surface area contributed by atoms with Crippen LogP contribution in [0, 0.1) is 11.7 Å². The fraction of sp³-hybridized carbons (Fsp3) is 0.565. The lowest BCUT2D eigenvalue weighted by molar-refractivity contribution is 0.454. The predicted molar refractivity (Wildman–Crippen MR) is 109 cm³/mol. The van der Waals surface area contributed by atoms with E-state index in [1.807, 2.05) is 18.2 Å². The highest BCUT2D eigenvalue weighted by molar-refractivity contribution is 6.32. The minimum absolute atomic E-state index is 0.204. The fourth-order valence-corrected chi connectivity index (χ4v) is 4.00. The van der Waals surface area contributed by atoms with Gasteiger partial charge in [-0.25, -0.2) is 4.39 Å². The Balaban J connectivity index is 1.97. The van der Waals surface area contributed by atoms with Gasteiger partial charge in [-0.3, -0.25) is 0 Å². The monoisotopic (exact) mass is 362 g/mol. The third kappa shape index (κ3) is 5.99. The Morgan fingerprint density at radius 1 is 1.24 bits per heavy atom. The quantitative estimate of drug-likeness (QED) is 0.291. The Bertz CT molecular complexity index is 588. The molecule has 0 radical (unpaired) electrons. The summed E-state index contributed by atoms with van der Waals surface area (Å²) in [5.41, 5.74) is 2.88. The number of unbranched alkanes of at least 4 members (excludes halogenated alkanes) is 4. The van der Waals surface area contributed by atoms with E-state index in [2.05, 4.69) is 19.6 Å². The van der Waals surface area contributed by atoms with Crippen LogP contribution in [0.5, 0.6) is 0 Å². The summed E-state index contributed by atoms with van der Waals surface area (Å²) in [6, 6.07) is 3.98. The lowest BCUT2D eigenvalue weighted by Gasteiger charge is -2.22. The van der Waals surface area contributed by atoms with Gasteiger partial charge in [0.05, 0.1) is 5.02 Å². The molecule has 0 saturated carbocycles. The summed E-state index contributed by atoms with van der Waals surface area (Å²) in [6.45, 7) is 6.01. The molecule has 0 bridgehead atoms. The smallest absolute Gasteiger partial charge is 0.145 e. The third-order valence-corrected chi connectivity index (χ3v) is 5.73. The number of allylic oxidation sites excluding steroid dienone is 3. The molecule has 1 atom stereocenters. The summed E-state index contributed by atoms with van der Waals surface area (Å²) in [6.07, 6.45) is 16.5. The number of benzene rings is 1. The zero-order valence-electron chi connectivity index (χ0n) is 15.6. The second kappa shape index (κ2) is 10.8. The normalized spacial score (nSPS) is 17.4. The summed E-state index contributed by atoms with van der Waals surface area (Å²) in [5, 5.41) is 0.321. The molecule has 2 heteroatoms. The first-order valence-corrected chi connectivity index (χ1v) is 10.3. The van der Waals surface area contributed by atoms with Crippen LogP contribution in [0.3, 0.4) is 0 Å². The van der Waals surface area contributed by atoms with E-state index in [1.54, 1.807) is 0 Å². The van der Waals surface area contributed by atoms with Crippen LogP contribution in [0.25, 0.3) is 5.57 Å². The Morgan fingerprint density at radius 3 is 2.72 bits per heavy atom. The van der Waals surface area contributed by atoms with Crippen molar-refractivity contribution < 1.29 is 4.39 Å². The van der Waals surface area contributed by atoms with Gasteiger partial charge in [-0.2, -0.15) is 0 Å². The van der Waals surface area contributed by atoms with Gasteiger partial charge in [0.1, 0.15) is 5.82 Å². The first-order valence-electron chi connectivity index (χ1n) is 9.94. The average molecular weight is 363 g/mol. The van der Waals surface area contributed by atoms with Crippen LogP contribution in [-0.2, 0) is 6.42 Å². The minimum atomic E-state index is -0.204. The SMILES string of the molecule is C=CCCC1CC=C(c2ccc(CCCCCCC)c(F)c2Cl)CC1. The van der Waals surface area contributed by atoms with Crippen molar-refractivity contribution in [3.05, 3.63) is 52.8 Å². The van der Waals surface area contributed by atoms with Gasteiger partial charge < -0.3 is 0 Å². The topological polar surface area (TPSA) is 0 Å². The minimum Gasteiger partial charge on any atom is -0.205 e. The first kappa shape index (κ1) is 20.2. The summed E-state index contributed by atoms with van der Waals surface area (Å²) in [4.78, 5) is 0. The Labute approximate surface area is 158 Å². The van der Waals surface area contributed by atoms with E-state index in [1.165, 1.54) is 37.7 Å². The molecule has 138 valence electrons. The zero-order chi connectivity index (χ0) is 18.1. The van der Waals surface area contributed by atoms with E-state index in [9.17, 15) is 4.39 Å². The van der Waals surface area contributed by atoms with Gasteiger partial charge >= 0.3 is 0 Å². The molecule has 1 aliphatic carbocycles. The van der Waals surface area contributed by atoms with E-state index < -0.39 is 0 Å². The maximum absolute atomic E-state index is 14.7. The molecular formula is C23H32ClF. The van der Waals surface area contributed by atoms with Crippen molar-refractivity contribution in [2.45, 2.75) is 77.6 Å². The lowest BCUT2D eigenvalue weighted by Crippen LogP contribution is -2.06. The molecule has 1 aliphatic rings. The highest BCUT2D eigenvalue weighted by Gasteiger charge is 2.19. The molecule has 0 saturated heterocycles. The van der Waals surface area contributed by atoms with Gasteiger partial charge in [0.2, 0.25) is 0 Å². The van der Waals surface area contributed by atoms with Crippen LogP contribution in [0.1, 0.15) is 82.3 Å². The van der Waals surface area contributed by atoms with Crippen molar-refractivity contribution in [1.82, 2.24) is 0 Å². The van der Waals surface area contributed by atoms with Gasteiger partial charge in [-0.1, -0.05) is 68.5 Å². The van der Waals surface area contributed by atoms with Crippen LogP contribution in [0.4, 0.5) is 4.39 Å². The number of hydrogen-bond donors (Lipinski definition) is 0. The van der Waals surface area contributed by atoms with E-state index >= 15 is 0 Å². The Kier molecular flexibility index (Phi) is 8.75. The molecule has 0 fully saturated rings. The Morgan fingerprint density at radius 2 is 2.04 bits per heavy atom. The summed E-state index contributed by atoms with van der Waals surface area (Å²) in [5.74, 6) is 0.525. The maximum Gasteiger partial charge on any atom is 0.145 e. The van der Waals surface area contributed by atoms with E-state index in [4.69, 9.17) is 11.6 Å². The van der Waals surface area contributed by atoms with Crippen molar-refractivity contribution in [2.75, 3.05) is 0 Å². The number of rotatable bonds is 10. The molecule has 1 aromatic carbocycles. The molecule has 0 amide bonds. The molecular weight excluding hydrogens is 331 g/mol. The van der Waals surface area contributed by atoms with Crippen LogP contribution in [0.2, 0.25) is 5.02 Å². The van der Waals surface area contributed by atoms with Crippen LogP contribution in [0.15, 0.2) is 30.9 Å². The fourth-order valence-electron chi connectivity index (χ4n) is 3.70. The van der Waals surface area contributed by atoms with Crippen LogP contribution >= 0.6 is 11.6 Å². The number of hydrogen-bond acceptors (Lipinski definition) is 0. The molecule has 0 N–H and O–H groups in total. The molecule has 0 nitrogen and oxygen atoms in total. The van der Waals surface area contributed by atoms with Crippen molar-refractivity contribution >= 4 is 17.2 Å². The third-order valence-electron chi connectivity index (χ3n) is 5.36. The second-order valence-corrected chi connectivity index (χ2v) is 7.68. The van der Waals surface area contributed by atoms with E-state index in [0.29, 0.717) is 5.02 Å². The van der Waals surface area contributed by atoms with Crippen LogP contribution < -0.4 is 0 Å². The van der Waals surface area contributed by atoms with Gasteiger partial charge in [-0.15, -0.1) is 6.58 Å². The second-order valence-electron chi connectivity index (χ2n) is 7.30. The van der Waals surface area contributed by atoms with Gasteiger partial charge in [-0.05, 0) is 67.6 Å². The van der Waals surface area contributed by atoms with Crippen LogP contribution in [-0.4, -0.2) is 0 Å². The number of halogens is 2. The summed E-state index contributed by atoms with van der Waals surface area (Å²) >= 11 is 6.39. The average Bonchev–Trinajstić information content (AvgIpc) is 2.64. The zero-order valence-corrected chi connectivity index (χ0v) is 16.4. The standard InChI is InChI=1S/C23H32ClF/c1-3-5-7-8-9-11-20-16-17-21(22(24)23(20)25)19-14-12-18(13-15-19)10-6-4-2/h4,14,16-18H,2-3,5-13,15H2,1H3. The Hall–Kier alpha value is -1.08. The molecule has 1 unspecified atom stereocenters. The van der Waals surface area contributed by atoms with Gasteiger partial charge in [0, 0.05) is 0 Å². The summed E-state index contributed by atoms with van der Waals surface area (Å²) in [7, 11) is 0. The molecule has 0 aromatic heterocycles. The lowest BCUT2D eigenvalue weighted by atomic mass is 9.84.